The first-order valence-corrected chi connectivity index (χ1v) is 8.49. The van der Waals surface area contributed by atoms with Gasteiger partial charge in [-0.15, -0.1) is 0 Å². The van der Waals surface area contributed by atoms with Crippen LogP contribution in [0, 0.1) is 6.92 Å². The minimum absolute atomic E-state index is 0.536. The first-order chi connectivity index (χ1) is 11.7. The predicted molar refractivity (Wildman–Crippen MR) is 93.5 cm³/mol. The summed E-state index contributed by atoms with van der Waals surface area (Å²) in [6.45, 7) is 2.01. The molecule has 1 saturated carbocycles. The largest absolute Gasteiger partial charge is 0.384 e. The average Bonchev–Trinajstić information content (AvgIpc) is 3.26. The number of pyridine rings is 2. The van der Waals surface area contributed by atoms with Crippen molar-refractivity contribution in [1.82, 2.24) is 19.5 Å². The highest BCUT2D eigenvalue weighted by Crippen LogP contribution is 2.52. The standard InChI is InChI=1S/C19H19N5/c1-11-3-2-4-15(22-11)17-18(12-7-8-21-16(20)10-12)24-14-6-5-13(9-14)19(24)23-17/h2-4,7-8,10,13-14H,5-6,9H2,1H3,(H2,20,21). The van der Waals surface area contributed by atoms with Gasteiger partial charge in [0.1, 0.15) is 17.3 Å². The van der Waals surface area contributed by atoms with Crippen molar-refractivity contribution in [3.63, 3.8) is 0 Å². The number of nitrogens with two attached hydrogens (primary N) is 1. The molecular weight excluding hydrogens is 298 g/mol. The van der Waals surface area contributed by atoms with Gasteiger partial charge in [-0.3, -0.25) is 4.98 Å². The highest BCUT2D eigenvalue weighted by atomic mass is 15.2. The van der Waals surface area contributed by atoms with E-state index in [0.29, 0.717) is 17.8 Å². The Morgan fingerprint density at radius 3 is 2.92 bits per heavy atom. The molecule has 0 radical (unpaired) electrons. The molecule has 5 rings (SSSR count). The van der Waals surface area contributed by atoms with Crippen LogP contribution in [-0.2, 0) is 0 Å². The summed E-state index contributed by atoms with van der Waals surface area (Å²) in [4.78, 5) is 13.9. The van der Waals surface area contributed by atoms with Crippen molar-refractivity contribution in [2.45, 2.75) is 38.1 Å². The molecule has 1 aliphatic heterocycles. The zero-order valence-corrected chi connectivity index (χ0v) is 13.6. The molecule has 5 nitrogen and oxygen atoms in total. The van der Waals surface area contributed by atoms with Gasteiger partial charge in [0.15, 0.2) is 0 Å². The zero-order valence-electron chi connectivity index (χ0n) is 13.6. The number of hydrogen-bond acceptors (Lipinski definition) is 4. The molecule has 0 amide bonds. The fraction of sp³-hybridized carbons (Fsp3) is 0.316. The first-order valence-electron chi connectivity index (χ1n) is 8.49. The summed E-state index contributed by atoms with van der Waals surface area (Å²) in [5.74, 6) is 2.34. The van der Waals surface area contributed by atoms with E-state index < -0.39 is 0 Å². The Hall–Kier alpha value is -2.69. The van der Waals surface area contributed by atoms with E-state index in [-0.39, 0.29) is 0 Å². The quantitative estimate of drug-likeness (QED) is 0.782. The SMILES string of the molecule is Cc1cccc(-c2nc3n(c2-c2ccnc(N)c2)C2CCC3C2)n1. The Morgan fingerprint density at radius 2 is 2.08 bits per heavy atom. The Labute approximate surface area is 140 Å². The Morgan fingerprint density at radius 1 is 1.17 bits per heavy atom. The molecule has 120 valence electrons. The van der Waals surface area contributed by atoms with Crippen LogP contribution in [0.4, 0.5) is 5.82 Å². The summed E-state index contributed by atoms with van der Waals surface area (Å²) >= 11 is 0. The molecular formula is C19H19N5. The third-order valence-corrected chi connectivity index (χ3v) is 5.26. The van der Waals surface area contributed by atoms with Crippen LogP contribution in [-0.4, -0.2) is 19.5 Å². The van der Waals surface area contributed by atoms with Crippen molar-refractivity contribution in [2.75, 3.05) is 5.73 Å². The summed E-state index contributed by atoms with van der Waals surface area (Å²) in [6.07, 6.45) is 5.48. The van der Waals surface area contributed by atoms with E-state index in [1.807, 2.05) is 37.3 Å². The minimum atomic E-state index is 0.536. The normalized spacial score (nSPS) is 21.2. The van der Waals surface area contributed by atoms with Gasteiger partial charge in [-0.2, -0.15) is 0 Å². The van der Waals surface area contributed by atoms with Crippen LogP contribution in [0.2, 0.25) is 0 Å². The average molecular weight is 317 g/mol. The number of hydrogen-bond donors (Lipinski definition) is 1. The second-order valence-electron chi connectivity index (χ2n) is 6.83. The zero-order chi connectivity index (χ0) is 16.3. The van der Waals surface area contributed by atoms with Crippen molar-refractivity contribution in [2.24, 2.45) is 0 Å². The summed E-state index contributed by atoms with van der Waals surface area (Å²) in [5.41, 5.74) is 11.1. The summed E-state index contributed by atoms with van der Waals surface area (Å²) in [5, 5.41) is 0. The predicted octanol–water partition coefficient (Wildman–Crippen LogP) is 3.72. The summed E-state index contributed by atoms with van der Waals surface area (Å²) in [6, 6.07) is 10.6. The monoisotopic (exact) mass is 317 g/mol. The van der Waals surface area contributed by atoms with Crippen molar-refractivity contribution in [3.8, 4) is 22.6 Å². The molecule has 0 saturated heterocycles. The van der Waals surface area contributed by atoms with Gasteiger partial charge in [-0.1, -0.05) is 6.07 Å². The fourth-order valence-electron chi connectivity index (χ4n) is 4.26. The second-order valence-corrected chi connectivity index (χ2v) is 6.83. The first kappa shape index (κ1) is 13.7. The van der Waals surface area contributed by atoms with Gasteiger partial charge in [0.25, 0.3) is 0 Å². The molecule has 2 aliphatic rings. The van der Waals surface area contributed by atoms with Crippen LogP contribution in [0.5, 0.6) is 0 Å². The maximum atomic E-state index is 5.94. The van der Waals surface area contributed by atoms with Gasteiger partial charge in [0.2, 0.25) is 0 Å². The number of imidazole rings is 1. The molecule has 4 heterocycles. The van der Waals surface area contributed by atoms with E-state index in [4.69, 9.17) is 15.7 Å². The lowest BCUT2D eigenvalue weighted by Crippen LogP contribution is -2.08. The fourth-order valence-corrected chi connectivity index (χ4v) is 4.26. The number of rotatable bonds is 2. The van der Waals surface area contributed by atoms with Crippen molar-refractivity contribution in [3.05, 3.63) is 48.0 Å². The van der Waals surface area contributed by atoms with Crippen LogP contribution < -0.4 is 5.73 Å². The van der Waals surface area contributed by atoms with Crippen LogP contribution in [0.3, 0.4) is 0 Å². The molecule has 2 atom stereocenters. The van der Waals surface area contributed by atoms with Crippen molar-refractivity contribution < 1.29 is 0 Å². The van der Waals surface area contributed by atoms with Gasteiger partial charge in [0.05, 0.1) is 11.4 Å². The smallest absolute Gasteiger partial charge is 0.123 e. The minimum Gasteiger partial charge on any atom is -0.384 e. The molecule has 0 aromatic carbocycles. The van der Waals surface area contributed by atoms with E-state index in [9.17, 15) is 0 Å². The van der Waals surface area contributed by atoms with Gasteiger partial charge >= 0.3 is 0 Å². The van der Waals surface area contributed by atoms with E-state index >= 15 is 0 Å². The molecule has 0 spiro atoms. The van der Waals surface area contributed by atoms with E-state index in [2.05, 4.69) is 9.55 Å². The lowest BCUT2D eigenvalue weighted by atomic mass is 10.1. The highest BCUT2D eigenvalue weighted by molar-refractivity contribution is 5.79. The highest BCUT2D eigenvalue weighted by Gasteiger charge is 2.41. The lowest BCUT2D eigenvalue weighted by Gasteiger charge is -2.17. The van der Waals surface area contributed by atoms with Crippen LogP contribution >= 0.6 is 0 Å². The number of nitrogen functional groups attached to an aromatic ring is 1. The van der Waals surface area contributed by atoms with Crippen LogP contribution in [0.25, 0.3) is 22.6 Å². The number of aryl methyl sites for hydroxylation is 1. The molecule has 24 heavy (non-hydrogen) atoms. The van der Waals surface area contributed by atoms with Gasteiger partial charge < -0.3 is 10.3 Å². The topological polar surface area (TPSA) is 69.6 Å². The molecule has 3 aromatic heterocycles. The summed E-state index contributed by atoms with van der Waals surface area (Å²) < 4.78 is 2.43. The number of fused-ring (bicyclic) bond motifs is 5. The maximum Gasteiger partial charge on any atom is 0.123 e. The van der Waals surface area contributed by atoms with E-state index in [1.165, 1.54) is 25.1 Å². The molecule has 1 aliphatic carbocycles. The molecule has 2 N–H and O–H groups in total. The van der Waals surface area contributed by atoms with Gasteiger partial charge in [-0.25, -0.2) is 9.97 Å². The van der Waals surface area contributed by atoms with E-state index in [1.54, 1.807) is 6.20 Å². The Bertz CT molecular complexity index is 943. The van der Waals surface area contributed by atoms with Gasteiger partial charge in [0, 0.05) is 29.4 Å². The van der Waals surface area contributed by atoms with Crippen molar-refractivity contribution in [1.29, 1.82) is 0 Å². The van der Waals surface area contributed by atoms with Crippen molar-refractivity contribution >= 4 is 5.82 Å². The third-order valence-electron chi connectivity index (χ3n) is 5.26. The number of aromatic nitrogens is 4. The maximum absolute atomic E-state index is 5.94. The molecule has 2 unspecified atom stereocenters. The van der Waals surface area contributed by atoms with E-state index in [0.717, 1.165) is 28.3 Å². The molecule has 5 heteroatoms. The second kappa shape index (κ2) is 4.90. The molecule has 2 bridgehead atoms. The lowest BCUT2D eigenvalue weighted by molar-refractivity contribution is 0.530. The molecule has 3 aromatic rings. The summed E-state index contributed by atoms with van der Waals surface area (Å²) in [7, 11) is 0. The third kappa shape index (κ3) is 1.90. The van der Waals surface area contributed by atoms with Gasteiger partial charge in [-0.05, 0) is 50.5 Å². The number of nitrogens with zero attached hydrogens (tertiary/aromatic N) is 4. The molecule has 1 fully saturated rings. The van der Waals surface area contributed by atoms with Crippen LogP contribution in [0.1, 0.15) is 42.7 Å². The Kier molecular flexibility index (Phi) is 2.80. The number of anilines is 1. The Balaban J connectivity index is 1.79. The van der Waals surface area contributed by atoms with Crippen LogP contribution in [0.15, 0.2) is 36.5 Å².